The molecule has 4 aromatic heterocycles. The van der Waals surface area contributed by atoms with E-state index in [0.717, 1.165) is 43.9 Å². The standard InChI is InChI=1S/C30H15NO2/c1-4-11-26-16(6-1)19-12-13-23-28(30(19)33-26)20-9-5-8-18-21-14-22-17-7-2-3-10-25(17)32-27(22)15-24(21)31(23)29(18)20/h1-15H. The molecule has 4 heterocycles. The van der Waals surface area contributed by atoms with E-state index < -0.39 is 0 Å². The van der Waals surface area contributed by atoms with Crippen LogP contribution < -0.4 is 0 Å². The van der Waals surface area contributed by atoms with Crippen molar-refractivity contribution in [3.8, 4) is 0 Å². The smallest absolute Gasteiger partial charge is 0.145 e. The van der Waals surface area contributed by atoms with Gasteiger partial charge >= 0.3 is 0 Å². The quantitative estimate of drug-likeness (QED) is 0.245. The monoisotopic (exact) mass is 421 g/mol. The Morgan fingerprint density at radius 2 is 1.18 bits per heavy atom. The van der Waals surface area contributed by atoms with E-state index in [-0.39, 0.29) is 0 Å². The first-order valence-electron chi connectivity index (χ1n) is 11.2. The summed E-state index contributed by atoms with van der Waals surface area (Å²) in [5.74, 6) is 0. The molecule has 3 nitrogen and oxygen atoms in total. The van der Waals surface area contributed by atoms with Crippen LogP contribution in [0.15, 0.2) is 99.8 Å². The normalized spacial score (nSPS) is 12.8. The lowest BCUT2D eigenvalue weighted by Gasteiger charge is -1.99. The number of rotatable bonds is 0. The molecule has 0 saturated heterocycles. The van der Waals surface area contributed by atoms with Crippen LogP contribution in [0, 0.1) is 0 Å². The molecule has 0 fully saturated rings. The molecule has 152 valence electrons. The minimum absolute atomic E-state index is 0.919. The molecule has 0 unspecified atom stereocenters. The van der Waals surface area contributed by atoms with E-state index in [0.29, 0.717) is 0 Å². The molecule has 0 spiro atoms. The van der Waals surface area contributed by atoms with Gasteiger partial charge in [-0.2, -0.15) is 0 Å². The minimum atomic E-state index is 0.919. The maximum Gasteiger partial charge on any atom is 0.145 e. The van der Waals surface area contributed by atoms with Crippen LogP contribution in [-0.4, -0.2) is 4.40 Å². The average Bonchev–Trinajstić information content (AvgIpc) is 3.58. The fourth-order valence-electron chi connectivity index (χ4n) is 5.96. The Morgan fingerprint density at radius 1 is 0.455 bits per heavy atom. The molecule has 0 aliphatic carbocycles. The second kappa shape index (κ2) is 5.28. The van der Waals surface area contributed by atoms with Gasteiger partial charge in [0, 0.05) is 43.8 Å². The van der Waals surface area contributed by atoms with Crippen molar-refractivity contribution in [2.24, 2.45) is 0 Å². The first-order chi connectivity index (χ1) is 16.4. The summed E-state index contributed by atoms with van der Waals surface area (Å²) in [5, 5.41) is 9.56. The van der Waals surface area contributed by atoms with Crippen LogP contribution in [0.5, 0.6) is 0 Å². The summed E-state index contributed by atoms with van der Waals surface area (Å²) >= 11 is 0. The van der Waals surface area contributed by atoms with Gasteiger partial charge in [0.1, 0.15) is 22.3 Å². The number of para-hydroxylation sites is 3. The van der Waals surface area contributed by atoms with Crippen LogP contribution in [0.1, 0.15) is 0 Å². The number of nitrogens with zero attached hydrogens (tertiary/aromatic N) is 1. The third-order valence-electron chi connectivity index (χ3n) is 7.32. The van der Waals surface area contributed by atoms with Gasteiger partial charge in [0.15, 0.2) is 0 Å². The largest absolute Gasteiger partial charge is 0.456 e. The van der Waals surface area contributed by atoms with Crippen LogP contribution in [0.2, 0.25) is 0 Å². The molecular formula is C30H15NO2. The van der Waals surface area contributed by atoms with Crippen molar-refractivity contribution in [2.75, 3.05) is 0 Å². The highest BCUT2D eigenvalue weighted by Crippen LogP contribution is 2.45. The summed E-state index contributed by atoms with van der Waals surface area (Å²) in [6, 6.07) is 32.1. The van der Waals surface area contributed by atoms with Crippen molar-refractivity contribution in [3.63, 3.8) is 0 Å². The first kappa shape index (κ1) is 16.2. The number of aromatic nitrogens is 1. The van der Waals surface area contributed by atoms with Crippen molar-refractivity contribution in [1.82, 2.24) is 4.40 Å². The lowest BCUT2D eigenvalue weighted by atomic mass is 10.0. The van der Waals surface area contributed by atoms with Gasteiger partial charge in [0.25, 0.3) is 0 Å². The van der Waals surface area contributed by atoms with Gasteiger partial charge in [-0.1, -0.05) is 54.6 Å². The molecule has 9 aromatic rings. The van der Waals surface area contributed by atoms with Gasteiger partial charge in [-0.15, -0.1) is 0 Å². The fraction of sp³-hybridized carbons (Fsp3) is 0. The predicted octanol–water partition coefficient (Wildman–Crippen LogP) is 8.64. The van der Waals surface area contributed by atoms with Gasteiger partial charge in [0.2, 0.25) is 0 Å². The lowest BCUT2D eigenvalue weighted by Crippen LogP contribution is -1.80. The summed E-state index contributed by atoms with van der Waals surface area (Å²) in [6.45, 7) is 0. The Kier molecular flexibility index (Phi) is 2.59. The molecule has 33 heavy (non-hydrogen) atoms. The predicted molar refractivity (Wildman–Crippen MR) is 136 cm³/mol. The highest BCUT2D eigenvalue weighted by atomic mass is 16.3. The fourth-order valence-corrected chi connectivity index (χ4v) is 5.96. The van der Waals surface area contributed by atoms with Crippen LogP contribution >= 0.6 is 0 Å². The Balaban J connectivity index is 1.56. The molecule has 0 bridgehead atoms. The number of hydrogen-bond donors (Lipinski definition) is 0. The highest BCUT2D eigenvalue weighted by Gasteiger charge is 2.22. The molecule has 0 aliphatic heterocycles. The molecule has 0 N–H and O–H groups in total. The molecule has 5 aromatic carbocycles. The molecule has 3 heteroatoms. The van der Waals surface area contributed by atoms with Crippen LogP contribution in [-0.2, 0) is 0 Å². The molecule has 0 aliphatic rings. The third kappa shape index (κ3) is 1.77. The van der Waals surface area contributed by atoms with Crippen molar-refractivity contribution < 1.29 is 8.83 Å². The van der Waals surface area contributed by atoms with E-state index in [4.69, 9.17) is 8.83 Å². The molecule has 9 rings (SSSR count). The van der Waals surface area contributed by atoms with E-state index in [2.05, 4.69) is 71.1 Å². The zero-order chi connectivity index (χ0) is 21.3. The Hall–Kier alpha value is -4.50. The SMILES string of the molecule is c1ccc2c(c1)oc1cc3c(cc12)c1cccc2c4c5oc6ccccc6c5ccc4n3c12. The molecule has 0 amide bonds. The zero-order valence-corrected chi connectivity index (χ0v) is 17.4. The Labute approximate surface area is 186 Å². The summed E-state index contributed by atoms with van der Waals surface area (Å²) in [4.78, 5) is 0. The van der Waals surface area contributed by atoms with Crippen LogP contribution in [0.4, 0.5) is 0 Å². The maximum absolute atomic E-state index is 6.42. The van der Waals surface area contributed by atoms with Gasteiger partial charge in [-0.25, -0.2) is 0 Å². The van der Waals surface area contributed by atoms with Gasteiger partial charge < -0.3 is 13.2 Å². The lowest BCUT2D eigenvalue weighted by molar-refractivity contribution is 0.669. The van der Waals surface area contributed by atoms with E-state index in [1.807, 2.05) is 24.3 Å². The first-order valence-corrected chi connectivity index (χ1v) is 11.2. The number of hydrogen-bond acceptors (Lipinski definition) is 2. The number of fused-ring (bicyclic) bond motifs is 13. The van der Waals surface area contributed by atoms with Crippen molar-refractivity contribution in [1.29, 1.82) is 0 Å². The molecule has 0 saturated carbocycles. The zero-order valence-electron chi connectivity index (χ0n) is 17.4. The summed E-state index contributed by atoms with van der Waals surface area (Å²) in [5.41, 5.74) is 7.31. The number of furan rings is 2. The summed E-state index contributed by atoms with van der Waals surface area (Å²) in [7, 11) is 0. The second-order valence-corrected chi connectivity index (χ2v) is 8.94. The number of benzene rings is 5. The average molecular weight is 421 g/mol. The van der Waals surface area contributed by atoms with E-state index in [1.165, 1.54) is 38.1 Å². The maximum atomic E-state index is 6.42. The topological polar surface area (TPSA) is 30.7 Å². The Bertz CT molecular complexity index is 2220. The van der Waals surface area contributed by atoms with E-state index in [1.54, 1.807) is 0 Å². The second-order valence-electron chi connectivity index (χ2n) is 8.94. The third-order valence-corrected chi connectivity index (χ3v) is 7.32. The molecular weight excluding hydrogens is 406 g/mol. The van der Waals surface area contributed by atoms with Gasteiger partial charge in [0.05, 0.1) is 21.9 Å². The summed E-state index contributed by atoms with van der Waals surface area (Å²) in [6.07, 6.45) is 0. The molecule has 0 atom stereocenters. The summed E-state index contributed by atoms with van der Waals surface area (Å²) < 4.78 is 15.0. The van der Waals surface area contributed by atoms with Crippen molar-refractivity contribution in [3.05, 3.63) is 91.0 Å². The van der Waals surface area contributed by atoms with E-state index >= 15 is 0 Å². The van der Waals surface area contributed by atoms with Crippen molar-refractivity contribution >= 4 is 82.0 Å². The van der Waals surface area contributed by atoms with E-state index in [9.17, 15) is 0 Å². The molecule has 0 radical (unpaired) electrons. The highest BCUT2D eigenvalue weighted by molar-refractivity contribution is 6.30. The van der Waals surface area contributed by atoms with Crippen LogP contribution in [0.25, 0.3) is 82.0 Å². The van der Waals surface area contributed by atoms with Crippen molar-refractivity contribution in [2.45, 2.75) is 0 Å². The van der Waals surface area contributed by atoms with Gasteiger partial charge in [-0.3, -0.25) is 0 Å². The van der Waals surface area contributed by atoms with Gasteiger partial charge in [-0.05, 0) is 30.3 Å². The van der Waals surface area contributed by atoms with Crippen LogP contribution in [0.3, 0.4) is 0 Å². The minimum Gasteiger partial charge on any atom is -0.456 e. The Morgan fingerprint density at radius 3 is 2.06 bits per heavy atom.